The van der Waals surface area contributed by atoms with Crippen LogP contribution in [0.5, 0.6) is 0 Å². The van der Waals surface area contributed by atoms with E-state index in [9.17, 15) is 0 Å². The lowest BCUT2D eigenvalue weighted by molar-refractivity contribution is 0.390. The molecule has 36 heavy (non-hydrogen) atoms. The largest absolute Gasteiger partial charge is 0.305 e. The summed E-state index contributed by atoms with van der Waals surface area (Å²) in [4.78, 5) is 0. The van der Waals surface area contributed by atoms with Crippen LogP contribution in [0.25, 0.3) is 0 Å². The Morgan fingerprint density at radius 2 is 1.17 bits per heavy atom. The van der Waals surface area contributed by atoms with Gasteiger partial charge in [0.2, 0.25) is 0 Å². The topological polar surface area (TPSA) is 84.1 Å². The lowest BCUT2D eigenvalue weighted by Crippen LogP contribution is -2.43. The molecule has 0 radical (unpaired) electrons. The van der Waals surface area contributed by atoms with Crippen molar-refractivity contribution in [2.45, 2.75) is 45.8 Å². The highest BCUT2D eigenvalue weighted by Gasteiger charge is 2.46. The Kier molecular flexibility index (Phi) is 11.5. The summed E-state index contributed by atoms with van der Waals surface area (Å²) in [6.45, 7) is 10.9. The number of hydrogen-bond donors (Lipinski definition) is 1. The molecule has 1 N–H and O–H groups in total. The maximum atomic E-state index is 5.85. The molecule has 1 rings (SSSR count). The molecular weight excluding hydrogens is 532 g/mol. The Hall–Kier alpha value is 0.600. The number of hydrogen-bond acceptors (Lipinski definition) is 7. The lowest BCUT2D eigenvalue weighted by atomic mass is 10.1. The molecule has 0 aromatic rings. The fourth-order valence-corrected chi connectivity index (χ4v) is 23.3. The van der Waals surface area contributed by atoms with Crippen molar-refractivity contribution in [1.82, 2.24) is 38.0 Å². The zero-order valence-electron chi connectivity index (χ0n) is 26.3. The highest BCUT2D eigenvalue weighted by atomic mass is 31.3. The molecule has 1 aliphatic rings. The second-order valence-electron chi connectivity index (χ2n) is 11.6. The number of nitrogens with one attached hydrogen (secondary N) is 1. The summed E-state index contributed by atoms with van der Waals surface area (Å²) >= 11 is 0. The minimum Gasteiger partial charge on any atom is -0.264 e. The van der Waals surface area contributed by atoms with E-state index in [1.54, 1.807) is 0 Å². The molecule has 0 amide bonds. The Bertz CT molecular complexity index is 937. The van der Waals surface area contributed by atoms with Crippen LogP contribution < -0.4 is 5.20 Å². The lowest BCUT2D eigenvalue weighted by Gasteiger charge is -2.45. The van der Waals surface area contributed by atoms with Crippen molar-refractivity contribution in [3.05, 3.63) is 0 Å². The van der Waals surface area contributed by atoms with E-state index in [1.807, 2.05) is 0 Å². The van der Waals surface area contributed by atoms with Crippen molar-refractivity contribution in [3.8, 4) is 0 Å². The minimum absolute atomic E-state index is 0.270. The van der Waals surface area contributed by atoms with Crippen molar-refractivity contribution in [3.63, 3.8) is 0 Å². The number of hydrazine groups is 1. The molecular formula is C20H56N12P4. The van der Waals surface area contributed by atoms with Gasteiger partial charge in [0.25, 0.3) is 0 Å². The van der Waals surface area contributed by atoms with E-state index in [1.165, 1.54) is 0 Å². The van der Waals surface area contributed by atoms with Gasteiger partial charge in [-0.25, -0.2) is 4.74 Å². The summed E-state index contributed by atoms with van der Waals surface area (Å²) in [7, 11) is 17.1. The monoisotopic (exact) mass is 588 g/mol. The quantitative estimate of drug-likeness (QED) is 0.352. The van der Waals surface area contributed by atoms with Crippen LogP contribution in [0.3, 0.4) is 0 Å². The van der Waals surface area contributed by atoms with E-state index in [-0.39, 0.29) is 11.2 Å². The van der Waals surface area contributed by atoms with Gasteiger partial charge >= 0.3 is 7.51 Å². The molecule has 216 valence electrons. The zero-order valence-corrected chi connectivity index (χ0v) is 29.9. The van der Waals surface area contributed by atoms with Crippen molar-refractivity contribution >= 4 is 29.9 Å². The minimum atomic E-state index is -3.04. The summed E-state index contributed by atoms with van der Waals surface area (Å²) in [5, 5.41) is 3.85. The van der Waals surface area contributed by atoms with E-state index in [2.05, 4.69) is 164 Å². The van der Waals surface area contributed by atoms with Crippen molar-refractivity contribution < 1.29 is 0 Å². The summed E-state index contributed by atoms with van der Waals surface area (Å²) in [5.41, 5.74) is -0.118. The van der Waals surface area contributed by atoms with Crippen molar-refractivity contribution in [1.29, 1.82) is 0 Å². The van der Waals surface area contributed by atoms with Crippen LogP contribution in [0.2, 0.25) is 0 Å². The fraction of sp³-hybridized carbons (Fsp3) is 1.00. The molecule has 0 aliphatic carbocycles. The van der Waals surface area contributed by atoms with Gasteiger partial charge in [0.15, 0.2) is 15.0 Å². The maximum Gasteiger partial charge on any atom is 0.305 e. The normalized spacial score (nSPS) is 23.6. The molecule has 0 fully saturated rings. The van der Waals surface area contributed by atoms with E-state index < -0.39 is 29.9 Å². The van der Waals surface area contributed by atoms with Crippen LogP contribution in [0.4, 0.5) is 0 Å². The highest BCUT2D eigenvalue weighted by molar-refractivity contribution is 7.82. The third kappa shape index (κ3) is 6.49. The predicted molar refractivity (Wildman–Crippen MR) is 165 cm³/mol. The van der Waals surface area contributed by atoms with Crippen LogP contribution in [0, 0.1) is 0 Å². The first-order chi connectivity index (χ1) is 16.1. The SMILES string of the molecule is CC(C)P(=NP1(=NC(C)(C)C)N=P(N(C)C)(N(C)C)NN(C)P(N(C)C)(N(C)C)=N1)(N(C)C)N(C)C. The first-order valence-corrected chi connectivity index (χ1v) is 18.8. The fourth-order valence-electron chi connectivity index (χ4n) is 4.65. The molecule has 1 unspecified atom stereocenters. The van der Waals surface area contributed by atoms with Crippen molar-refractivity contribution in [2.24, 2.45) is 18.3 Å². The van der Waals surface area contributed by atoms with E-state index in [0.717, 1.165) is 0 Å². The molecule has 0 saturated carbocycles. The molecule has 16 heteroatoms. The Morgan fingerprint density at radius 1 is 0.750 bits per heavy atom. The summed E-state index contributed by atoms with van der Waals surface area (Å²) in [6, 6.07) is 0. The van der Waals surface area contributed by atoms with Gasteiger partial charge in [-0.3, -0.25) is 28.0 Å². The molecule has 12 nitrogen and oxygen atoms in total. The molecule has 0 saturated heterocycles. The zero-order chi connectivity index (χ0) is 28.7. The van der Waals surface area contributed by atoms with Crippen LogP contribution in [0.15, 0.2) is 18.3 Å². The van der Waals surface area contributed by atoms with E-state index >= 15 is 0 Å². The molecule has 0 bridgehead atoms. The van der Waals surface area contributed by atoms with Crippen LogP contribution in [0.1, 0.15) is 34.6 Å². The van der Waals surface area contributed by atoms with Crippen LogP contribution in [-0.4, -0.2) is 136 Å². The van der Waals surface area contributed by atoms with Crippen LogP contribution >= 0.6 is 29.9 Å². The Morgan fingerprint density at radius 3 is 1.44 bits per heavy atom. The second-order valence-corrected chi connectivity index (χ2v) is 25.1. The molecule has 0 aromatic heterocycles. The first-order valence-electron chi connectivity index (χ1n) is 12.2. The van der Waals surface area contributed by atoms with E-state index in [4.69, 9.17) is 18.3 Å². The van der Waals surface area contributed by atoms with Gasteiger partial charge in [-0.15, -0.1) is 0 Å². The summed E-state index contributed by atoms with van der Waals surface area (Å²) in [6.07, 6.45) is 0. The van der Waals surface area contributed by atoms with Gasteiger partial charge in [-0.05, 0) is 105 Å². The standard InChI is InChI=1S/C20H56N12P4/c1-19(2)33(26(6)7,27(8)9)23-34(21-20(3,4)5)24-35(28(10)11,29(12)13)22-32(18)36(25-34,30(14)15)31(16)17/h19,22H,1-18H3. The van der Waals surface area contributed by atoms with Crippen molar-refractivity contribution in [2.75, 3.05) is 91.6 Å². The average Bonchev–Trinajstić information content (AvgIpc) is 2.78. The van der Waals surface area contributed by atoms with Gasteiger partial charge in [0.05, 0.1) is 5.54 Å². The average molecular weight is 589 g/mol. The summed E-state index contributed by atoms with van der Waals surface area (Å²) in [5.74, 6) is 0. The third-order valence-electron chi connectivity index (χ3n) is 5.91. The number of nitrogens with zero attached hydrogens (tertiary/aromatic N) is 11. The predicted octanol–water partition coefficient (Wildman–Crippen LogP) is 5.88. The van der Waals surface area contributed by atoms with Gasteiger partial charge in [0.1, 0.15) is 7.36 Å². The number of rotatable bonds is 8. The Labute approximate surface area is 223 Å². The second kappa shape index (κ2) is 12.0. The maximum absolute atomic E-state index is 5.85. The van der Waals surface area contributed by atoms with Gasteiger partial charge < -0.3 is 0 Å². The van der Waals surface area contributed by atoms with Gasteiger partial charge in [-0.1, -0.05) is 13.8 Å². The molecule has 1 aliphatic heterocycles. The highest BCUT2D eigenvalue weighted by Crippen LogP contribution is 2.80. The van der Waals surface area contributed by atoms with E-state index in [0.29, 0.717) is 0 Å². The molecule has 1 heterocycles. The first kappa shape index (κ1) is 34.6. The molecule has 0 aromatic carbocycles. The molecule has 1 atom stereocenters. The summed E-state index contributed by atoms with van der Waals surface area (Å²) < 4.78 is 38.5. The van der Waals surface area contributed by atoms with Gasteiger partial charge in [-0.2, -0.15) is 23.5 Å². The smallest absolute Gasteiger partial charge is 0.264 e. The third-order valence-corrected chi connectivity index (χ3v) is 22.4. The van der Waals surface area contributed by atoms with Crippen LogP contribution in [-0.2, 0) is 0 Å². The Balaban J connectivity index is 4.83. The molecule has 0 spiro atoms. The van der Waals surface area contributed by atoms with Gasteiger partial charge in [0, 0.05) is 12.7 Å².